The first kappa shape index (κ1) is 27.7. The van der Waals surface area contributed by atoms with Gasteiger partial charge in [0.15, 0.2) is 0 Å². The lowest BCUT2D eigenvalue weighted by Gasteiger charge is -2.09. The third-order valence-corrected chi connectivity index (χ3v) is 6.09. The topological polar surface area (TPSA) is 90.9 Å². The summed E-state index contributed by atoms with van der Waals surface area (Å²) in [5.74, 6) is 1.71. The van der Waals surface area contributed by atoms with Crippen LogP contribution >= 0.6 is 31.9 Å². The van der Waals surface area contributed by atoms with Crippen LogP contribution in [0.2, 0.25) is 0 Å². The number of anilines is 1. The number of ketones is 2. The molecule has 2 N–H and O–H groups in total. The van der Waals surface area contributed by atoms with Crippen molar-refractivity contribution >= 4 is 49.2 Å². The minimum Gasteiger partial charge on any atom is -0.384 e. The standard InChI is InChI=1S/C12H13BrN2.C6H7BrN2.C6H10O2/c1-8-6-12(14-7-11(8)13)15-9(2)4-5-10(15)3;1-4-2-6(8)9-3-5(4)7;1-5(7)3-4-6(2)8/h4-7H,1-3H3;2-3H,1H3,(H2,8,9);3-4H2,1-2H3. The van der Waals surface area contributed by atoms with Crippen LogP contribution in [0.5, 0.6) is 0 Å². The van der Waals surface area contributed by atoms with Crippen LogP contribution in [0.1, 0.15) is 49.2 Å². The smallest absolute Gasteiger partial charge is 0.137 e. The number of halogens is 2. The van der Waals surface area contributed by atoms with Crippen LogP contribution in [0.25, 0.3) is 5.82 Å². The molecule has 32 heavy (non-hydrogen) atoms. The monoisotopic (exact) mass is 564 g/mol. The van der Waals surface area contributed by atoms with Gasteiger partial charge in [0.2, 0.25) is 0 Å². The number of carbonyl (C=O) groups is 2. The molecule has 3 heterocycles. The van der Waals surface area contributed by atoms with Crippen molar-refractivity contribution < 1.29 is 9.59 Å². The minimum atomic E-state index is 0.0835. The number of Topliss-reactive ketones (excluding diaryl/α,β-unsaturated/α-hetero) is 2. The van der Waals surface area contributed by atoms with Crippen molar-refractivity contribution in [3.8, 4) is 5.82 Å². The summed E-state index contributed by atoms with van der Waals surface area (Å²) in [6.45, 7) is 11.2. The normalized spacial score (nSPS) is 9.88. The largest absolute Gasteiger partial charge is 0.384 e. The van der Waals surface area contributed by atoms with Crippen molar-refractivity contribution in [1.29, 1.82) is 0 Å². The van der Waals surface area contributed by atoms with Gasteiger partial charge in [0.05, 0.1) is 0 Å². The van der Waals surface area contributed by atoms with Crippen molar-refractivity contribution in [3.05, 3.63) is 68.1 Å². The third-order valence-electron chi connectivity index (χ3n) is 4.43. The number of aromatic nitrogens is 3. The molecule has 172 valence electrons. The fraction of sp³-hybridized carbons (Fsp3) is 0.333. The van der Waals surface area contributed by atoms with E-state index < -0.39 is 0 Å². The number of pyridine rings is 2. The number of rotatable bonds is 4. The molecule has 0 saturated carbocycles. The first-order chi connectivity index (χ1) is 14.9. The number of nitrogen functional groups attached to an aromatic ring is 1. The summed E-state index contributed by atoms with van der Waals surface area (Å²) >= 11 is 6.77. The Morgan fingerprint density at radius 1 is 0.844 bits per heavy atom. The van der Waals surface area contributed by atoms with Gasteiger partial charge in [-0.25, -0.2) is 9.97 Å². The molecule has 3 aromatic heterocycles. The predicted octanol–water partition coefficient (Wildman–Crippen LogP) is 6.24. The lowest BCUT2D eigenvalue weighted by atomic mass is 10.2. The Kier molecular flexibility index (Phi) is 11.5. The fourth-order valence-electron chi connectivity index (χ4n) is 2.59. The highest BCUT2D eigenvalue weighted by molar-refractivity contribution is 9.10. The van der Waals surface area contributed by atoms with Crippen LogP contribution < -0.4 is 5.73 Å². The van der Waals surface area contributed by atoms with E-state index in [1.54, 1.807) is 6.20 Å². The van der Waals surface area contributed by atoms with Crippen LogP contribution in [0.15, 0.2) is 45.6 Å². The van der Waals surface area contributed by atoms with Gasteiger partial charge in [0.1, 0.15) is 23.2 Å². The molecule has 0 unspecified atom stereocenters. The Balaban J connectivity index is 0.000000260. The Bertz CT molecular complexity index is 1040. The van der Waals surface area contributed by atoms with Gasteiger partial charge in [0, 0.05) is 45.6 Å². The van der Waals surface area contributed by atoms with E-state index in [-0.39, 0.29) is 11.6 Å². The molecule has 8 heteroatoms. The van der Waals surface area contributed by atoms with Crippen LogP contribution in [0.3, 0.4) is 0 Å². The quantitative estimate of drug-likeness (QED) is 0.404. The predicted molar refractivity (Wildman–Crippen MR) is 137 cm³/mol. The molecule has 0 bridgehead atoms. The van der Waals surface area contributed by atoms with Gasteiger partial charge in [-0.1, -0.05) is 0 Å². The Hall–Kier alpha value is -2.32. The summed E-state index contributed by atoms with van der Waals surface area (Å²) in [5.41, 5.74) is 10.1. The van der Waals surface area contributed by atoms with Crippen molar-refractivity contribution in [1.82, 2.24) is 14.5 Å². The molecule has 0 radical (unpaired) electrons. The highest BCUT2D eigenvalue weighted by Gasteiger charge is 2.06. The molecule has 3 aromatic rings. The van der Waals surface area contributed by atoms with Crippen molar-refractivity contribution in [2.75, 3.05) is 5.73 Å². The van der Waals surface area contributed by atoms with Crippen LogP contribution in [-0.2, 0) is 9.59 Å². The van der Waals surface area contributed by atoms with Crippen LogP contribution in [-0.4, -0.2) is 26.1 Å². The number of nitrogens with two attached hydrogens (primary N) is 1. The average Bonchev–Trinajstić information content (AvgIpc) is 3.05. The highest BCUT2D eigenvalue weighted by Crippen LogP contribution is 2.20. The molecule has 3 rings (SSSR count). The molecule has 0 aromatic carbocycles. The zero-order valence-corrected chi connectivity index (χ0v) is 22.5. The third kappa shape index (κ3) is 9.44. The molecule has 0 spiro atoms. The van der Waals surface area contributed by atoms with E-state index in [4.69, 9.17) is 5.73 Å². The van der Waals surface area contributed by atoms with E-state index in [2.05, 4.69) is 85.4 Å². The van der Waals surface area contributed by atoms with Gasteiger partial charge >= 0.3 is 0 Å². The second-order valence-corrected chi connectivity index (χ2v) is 9.21. The number of carbonyl (C=O) groups excluding carboxylic acids is 2. The molecule has 0 aliphatic heterocycles. The molecular formula is C24H30Br2N4O2. The molecule has 0 fully saturated rings. The molecule has 0 saturated heterocycles. The maximum atomic E-state index is 10.2. The first-order valence-electron chi connectivity index (χ1n) is 10.1. The SMILES string of the molecule is CC(=O)CCC(C)=O.Cc1cc(-n2c(C)ccc2C)ncc1Br.Cc1cc(N)ncc1Br. The van der Waals surface area contributed by atoms with E-state index in [0.717, 1.165) is 20.3 Å². The first-order valence-corrected chi connectivity index (χ1v) is 11.6. The van der Waals surface area contributed by atoms with Gasteiger partial charge in [-0.05, 0) is 109 Å². The van der Waals surface area contributed by atoms with E-state index >= 15 is 0 Å². The molecule has 0 aliphatic rings. The molecule has 0 aliphatic carbocycles. The molecule has 0 atom stereocenters. The summed E-state index contributed by atoms with van der Waals surface area (Å²) in [7, 11) is 0. The lowest BCUT2D eigenvalue weighted by Crippen LogP contribution is -2.01. The summed E-state index contributed by atoms with van der Waals surface area (Å²) in [5, 5.41) is 0. The summed E-state index contributed by atoms with van der Waals surface area (Å²) in [4.78, 5) is 28.7. The molecule has 6 nitrogen and oxygen atoms in total. The van der Waals surface area contributed by atoms with E-state index in [1.807, 2.05) is 19.2 Å². The second-order valence-electron chi connectivity index (χ2n) is 7.51. The number of aryl methyl sites for hydroxylation is 4. The van der Waals surface area contributed by atoms with Gasteiger partial charge in [-0.15, -0.1) is 0 Å². The maximum Gasteiger partial charge on any atom is 0.137 e. The fourth-order valence-corrected chi connectivity index (χ4v) is 3.02. The number of hydrogen-bond acceptors (Lipinski definition) is 5. The molecule has 0 amide bonds. The average molecular weight is 566 g/mol. The van der Waals surface area contributed by atoms with E-state index in [0.29, 0.717) is 18.7 Å². The van der Waals surface area contributed by atoms with Gasteiger partial charge < -0.3 is 19.9 Å². The second kappa shape index (κ2) is 13.3. The van der Waals surface area contributed by atoms with E-state index in [9.17, 15) is 9.59 Å². The number of nitrogens with zero attached hydrogens (tertiary/aromatic N) is 3. The van der Waals surface area contributed by atoms with Gasteiger partial charge in [0.25, 0.3) is 0 Å². The van der Waals surface area contributed by atoms with Gasteiger partial charge in [-0.2, -0.15) is 0 Å². The summed E-state index contributed by atoms with van der Waals surface area (Å²) < 4.78 is 4.20. The van der Waals surface area contributed by atoms with Crippen molar-refractivity contribution in [3.63, 3.8) is 0 Å². The van der Waals surface area contributed by atoms with Gasteiger partial charge in [-0.3, -0.25) is 0 Å². The highest BCUT2D eigenvalue weighted by atomic mass is 79.9. The van der Waals surface area contributed by atoms with Crippen molar-refractivity contribution in [2.45, 2.75) is 54.4 Å². The lowest BCUT2D eigenvalue weighted by molar-refractivity contribution is -0.122. The Morgan fingerprint density at radius 3 is 1.66 bits per heavy atom. The van der Waals surface area contributed by atoms with E-state index in [1.165, 1.54) is 30.8 Å². The molecular weight excluding hydrogens is 536 g/mol. The minimum absolute atomic E-state index is 0.0835. The summed E-state index contributed by atoms with van der Waals surface area (Å²) in [6.07, 6.45) is 4.35. The van der Waals surface area contributed by atoms with Crippen LogP contribution in [0, 0.1) is 27.7 Å². The maximum absolute atomic E-state index is 10.2. The van der Waals surface area contributed by atoms with Crippen LogP contribution in [0.4, 0.5) is 5.82 Å². The van der Waals surface area contributed by atoms with Crippen molar-refractivity contribution in [2.24, 2.45) is 0 Å². The Labute approximate surface area is 206 Å². The zero-order chi connectivity index (χ0) is 24.4. The summed E-state index contributed by atoms with van der Waals surface area (Å²) in [6, 6.07) is 8.12. The zero-order valence-electron chi connectivity index (χ0n) is 19.4. The number of hydrogen-bond donors (Lipinski definition) is 1. The Morgan fingerprint density at radius 2 is 1.28 bits per heavy atom.